The average Bonchev–Trinajstić information content (AvgIpc) is 2.74. The fourth-order valence-electron chi connectivity index (χ4n) is 4.19. The summed E-state index contributed by atoms with van der Waals surface area (Å²) in [4.78, 5) is 53.7. The zero-order valence-electron chi connectivity index (χ0n) is 23.3. The Labute approximate surface area is 220 Å². The van der Waals surface area contributed by atoms with Gasteiger partial charge < -0.3 is 25.0 Å². The number of nitrogens with one attached hydrogen (secondary N) is 2. The van der Waals surface area contributed by atoms with E-state index in [1.54, 1.807) is 32.6 Å². The highest BCUT2D eigenvalue weighted by Gasteiger charge is 2.42. The van der Waals surface area contributed by atoms with E-state index in [-0.39, 0.29) is 43.3 Å². The van der Waals surface area contributed by atoms with Crippen molar-refractivity contribution < 1.29 is 28.7 Å². The number of aryl methyl sites for hydroxylation is 1. The predicted octanol–water partition coefficient (Wildman–Crippen LogP) is 4.04. The third-order valence-corrected chi connectivity index (χ3v) is 6.15. The van der Waals surface area contributed by atoms with Crippen LogP contribution in [0.1, 0.15) is 84.4 Å². The van der Waals surface area contributed by atoms with Crippen LogP contribution in [-0.4, -0.2) is 59.6 Å². The van der Waals surface area contributed by atoms with Gasteiger partial charge in [0.2, 0.25) is 11.8 Å². The number of ether oxygens (including phenoxy) is 2. The predicted molar refractivity (Wildman–Crippen MR) is 141 cm³/mol. The molecule has 0 saturated heterocycles. The summed E-state index contributed by atoms with van der Waals surface area (Å²) in [5, 5.41) is 5.56. The Balaban J connectivity index is 2.40. The molecule has 3 amide bonds. The number of hydrogen-bond acceptors (Lipinski definition) is 6. The Morgan fingerprint density at radius 2 is 1.81 bits per heavy atom. The molecule has 2 N–H and O–H groups in total. The van der Waals surface area contributed by atoms with Crippen LogP contribution in [0.5, 0.6) is 0 Å². The van der Waals surface area contributed by atoms with Crippen LogP contribution < -0.4 is 10.6 Å². The first-order valence-electron chi connectivity index (χ1n) is 13.2. The normalized spacial score (nSPS) is 15.2. The van der Waals surface area contributed by atoms with Crippen LogP contribution in [0.2, 0.25) is 0 Å². The Bertz CT molecular complexity index is 951. The summed E-state index contributed by atoms with van der Waals surface area (Å²) >= 11 is 0. The summed E-state index contributed by atoms with van der Waals surface area (Å²) < 4.78 is 10.4. The van der Waals surface area contributed by atoms with Gasteiger partial charge in [-0.3, -0.25) is 14.4 Å². The van der Waals surface area contributed by atoms with E-state index in [0.29, 0.717) is 5.56 Å². The molecule has 0 radical (unpaired) electrons. The van der Waals surface area contributed by atoms with Crippen LogP contribution in [-0.2, 0) is 23.9 Å². The van der Waals surface area contributed by atoms with Crippen LogP contribution in [0.3, 0.4) is 0 Å². The van der Waals surface area contributed by atoms with Crippen molar-refractivity contribution in [3.05, 3.63) is 35.4 Å². The van der Waals surface area contributed by atoms with Gasteiger partial charge in [0.05, 0.1) is 13.0 Å². The van der Waals surface area contributed by atoms with Gasteiger partial charge in [0, 0.05) is 12.6 Å². The molecule has 1 aliphatic rings. The Morgan fingerprint density at radius 3 is 2.32 bits per heavy atom. The maximum Gasteiger partial charge on any atom is 0.408 e. The first kappa shape index (κ1) is 30.1. The minimum absolute atomic E-state index is 0.0340. The van der Waals surface area contributed by atoms with Gasteiger partial charge in [0.1, 0.15) is 17.7 Å². The number of alkyl carbamates (subject to hydrolysis) is 1. The average molecular weight is 518 g/mol. The van der Waals surface area contributed by atoms with Gasteiger partial charge in [-0.1, -0.05) is 43.7 Å². The third-order valence-electron chi connectivity index (χ3n) is 6.15. The maximum absolute atomic E-state index is 14.1. The third kappa shape index (κ3) is 9.05. The number of carbonyl (C=O) groups is 4. The van der Waals surface area contributed by atoms with Gasteiger partial charge in [-0.15, -0.1) is 0 Å². The van der Waals surface area contributed by atoms with Crippen LogP contribution in [0.4, 0.5) is 4.79 Å². The fraction of sp³-hybridized carbons (Fsp3) is 0.643. The van der Waals surface area contributed by atoms with Crippen LogP contribution >= 0.6 is 0 Å². The molecule has 0 heterocycles. The number of rotatable bonds is 11. The number of carbonyl (C=O) groups excluding carboxylic acids is 4. The summed E-state index contributed by atoms with van der Waals surface area (Å²) in [7, 11) is 0. The number of nitrogens with zero attached hydrogens (tertiary/aromatic N) is 1. The SMILES string of the molecule is CCOC(=O)CCNC(=O)C(c1cccc(C)c1)N(C(=O)C(NC(=O)OC(C)(C)C)C(C)C)C1CCC1. The molecule has 2 atom stereocenters. The van der Waals surface area contributed by atoms with E-state index in [9.17, 15) is 19.2 Å². The highest BCUT2D eigenvalue weighted by Crippen LogP contribution is 2.34. The molecule has 0 bridgehead atoms. The van der Waals surface area contributed by atoms with Crippen molar-refractivity contribution in [1.29, 1.82) is 0 Å². The molecular formula is C28H43N3O6. The summed E-state index contributed by atoms with van der Waals surface area (Å²) in [6.45, 7) is 13.0. The molecule has 0 aliphatic heterocycles. The molecule has 0 spiro atoms. The van der Waals surface area contributed by atoms with E-state index in [1.165, 1.54) is 0 Å². The summed E-state index contributed by atoms with van der Waals surface area (Å²) in [6, 6.07) is 5.56. The highest BCUT2D eigenvalue weighted by atomic mass is 16.6. The van der Waals surface area contributed by atoms with E-state index < -0.39 is 29.7 Å². The Morgan fingerprint density at radius 1 is 1.14 bits per heavy atom. The van der Waals surface area contributed by atoms with Crippen molar-refractivity contribution in [1.82, 2.24) is 15.5 Å². The number of amides is 3. The summed E-state index contributed by atoms with van der Waals surface area (Å²) in [5.41, 5.74) is 0.911. The van der Waals surface area contributed by atoms with E-state index >= 15 is 0 Å². The Hall–Kier alpha value is -3.10. The molecule has 1 aromatic carbocycles. The standard InChI is InChI=1S/C28H43N3O6/c1-8-36-22(32)15-16-29-25(33)24(20-12-9-11-19(4)17-20)31(21-13-10-14-21)26(34)23(18(2)3)30-27(35)37-28(5,6)7/h9,11-12,17-18,21,23-24H,8,10,13-16H2,1-7H3,(H,29,33)(H,30,35). The molecule has 1 saturated carbocycles. The minimum Gasteiger partial charge on any atom is -0.466 e. The largest absolute Gasteiger partial charge is 0.466 e. The number of esters is 1. The number of hydrogen-bond donors (Lipinski definition) is 2. The molecule has 2 unspecified atom stereocenters. The van der Waals surface area contributed by atoms with Gasteiger partial charge in [0.25, 0.3) is 0 Å². The lowest BCUT2D eigenvalue weighted by Crippen LogP contribution is -2.58. The molecule has 2 rings (SSSR count). The smallest absolute Gasteiger partial charge is 0.408 e. The lowest BCUT2D eigenvalue weighted by molar-refractivity contribution is -0.148. The summed E-state index contributed by atoms with van der Waals surface area (Å²) in [6.07, 6.45) is 1.83. The van der Waals surface area contributed by atoms with Gasteiger partial charge >= 0.3 is 12.1 Å². The first-order valence-corrected chi connectivity index (χ1v) is 13.2. The van der Waals surface area contributed by atoms with Gasteiger partial charge in [-0.05, 0) is 65.4 Å². The Kier molecular flexibility index (Phi) is 10.9. The van der Waals surface area contributed by atoms with Crippen molar-refractivity contribution >= 4 is 23.9 Å². The second kappa shape index (κ2) is 13.4. The van der Waals surface area contributed by atoms with Crippen molar-refractivity contribution in [2.45, 2.75) is 97.9 Å². The van der Waals surface area contributed by atoms with E-state index in [2.05, 4.69) is 10.6 Å². The molecule has 1 fully saturated rings. The van der Waals surface area contributed by atoms with Crippen molar-refractivity contribution in [2.75, 3.05) is 13.2 Å². The monoisotopic (exact) mass is 517 g/mol. The number of benzene rings is 1. The zero-order chi connectivity index (χ0) is 27.8. The topological polar surface area (TPSA) is 114 Å². The molecular weight excluding hydrogens is 474 g/mol. The van der Waals surface area contributed by atoms with E-state index in [1.807, 2.05) is 45.0 Å². The second-order valence-corrected chi connectivity index (χ2v) is 10.9. The van der Waals surface area contributed by atoms with E-state index in [0.717, 1.165) is 24.8 Å². The van der Waals surface area contributed by atoms with Gasteiger partial charge in [0.15, 0.2) is 0 Å². The molecule has 9 heteroatoms. The lowest BCUT2D eigenvalue weighted by atomic mass is 9.87. The van der Waals surface area contributed by atoms with Crippen molar-refractivity contribution in [3.63, 3.8) is 0 Å². The van der Waals surface area contributed by atoms with Gasteiger partial charge in [-0.25, -0.2) is 4.79 Å². The van der Waals surface area contributed by atoms with Crippen LogP contribution in [0.25, 0.3) is 0 Å². The van der Waals surface area contributed by atoms with E-state index in [4.69, 9.17) is 9.47 Å². The van der Waals surface area contributed by atoms with Crippen LogP contribution in [0.15, 0.2) is 24.3 Å². The van der Waals surface area contributed by atoms with Gasteiger partial charge in [-0.2, -0.15) is 0 Å². The van der Waals surface area contributed by atoms with Crippen molar-refractivity contribution in [2.24, 2.45) is 5.92 Å². The molecule has 0 aromatic heterocycles. The molecule has 206 valence electrons. The maximum atomic E-state index is 14.1. The highest BCUT2D eigenvalue weighted by molar-refractivity contribution is 5.92. The molecule has 1 aromatic rings. The fourth-order valence-corrected chi connectivity index (χ4v) is 4.19. The molecule has 9 nitrogen and oxygen atoms in total. The quantitative estimate of drug-likeness (QED) is 0.428. The first-order chi connectivity index (χ1) is 17.3. The summed E-state index contributed by atoms with van der Waals surface area (Å²) in [5.74, 6) is -1.36. The van der Waals surface area contributed by atoms with Crippen molar-refractivity contribution in [3.8, 4) is 0 Å². The van der Waals surface area contributed by atoms with Crippen LogP contribution in [0, 0.1) is 12.8 Å². The zero-order valence-corrected chi connectivity index (χ0v) is 23.3. The lowest BCUT2D eigenvalue weighted by Gasteiger charge is -2.44. The minimum atomic E-state index is -0.915. The second-order valence-electron chi connectivity index (χ2n) is 10.9. The molecule has 37 heavy (non-hydrogen) atoms. The molecule has 1 aliphatic carbocycles.